The van der Waals surface area contributed by atoms with E-state index in [-0.39, 0.29) is 11.2 Å². The Kier molecular flexibility index (Phi) is 4.81. The van der Waals surface area contributed by atoms with Crippen LogP contribution in [0.5, 0.6) is 0 Å². The van der Waals surface area contributed by atoms with Crippen LogP contribution in [0.25, 0.3) is 0 Å². The van der Waals surface area contributed by atoms with Crippen LogP contribution in [0.15, 0.2) is 53.5 Å². The summed E-state index contributed by atoms with van der Waals surface area (Å²) in [6.07, 6.45) is 2.10. The maximum Gasteiger partial charge on any atom is 0.193 e. The molecule has 0 amide bonds. The Morgan fingerprint density at radius 2 is 1.92 bits per heavy atom. The topological polar surface area (TPSA) is 59.6 Å². The number of aliphatic imine (C=N–C) groups is 1. The molecule has 1 aliphatic carbocycles. The molecule has 0 aromatic heterocycles. The second-order valence-corrected chi connectivity index (χ2v) is 6.20. The number of nitrogens with zero attached hydrogens (tertiary/aromatic N) is 1. The molecule has 2 aromatic carbocycles. The van der Waals surface area contributed by atoms with E-state index in [1.165, 1.54) is 12.1 Å². The number of para-hydroxylation sites is 1. The molecule has 4 nitrogen and oxygen atoms in total. The lowest BCUT2D eigenvalue weighted by Gasteiger charge is -2.15. The van der Waals surface area contributed by atoms with E-state index in [9.17, 15) is 4.39 Å². The van der Waals surface area contributed by atoms with Gasteiger partial charge in [-0.2, -0.15) is 0 Å². The Morgan fingerprint density at radius 3 is 2.58 bits per heavy atom. The summed E-state index contributed by atoms with van der Waals surface area (Å²) < 4.78 is 18.3. The van der Waals surface area contributed by atoms with Crippen molar-refractivity contribution in [1.29, 1.82) is 0 Å². The summed E-state index contributed by atoms with van der Waals surface area (Å²) >= 11 is 0. The van der Waals surface area contributed by atoms with E-state index >= 15 is 0 Å². The Morgan fingerprint density at radius 1 is 1.21 bits per heavy atom. The highest BCUT2D eigenvalue weighted by molar-refractivity contribution is 5.93. The van der Waals surface area contributed by atoms with Crippen molar-refractivity contribution in [2.75, 3.05) is 19.0 Å². The first kappa shape index (κ1) is 16.5. The average molecular weight is 327 g/mol. The van der Waals surface area contributed by atoms with Crippen LogP contribution in [0.3, 0.4) is 0 Å². The zero-order valence-corrected chi connectivity index (χ0v) is 13.8. The van der Waals surface area contributed by atoms with Crippen molar-refractivity contribution in [3.63, 3.8) is 0 Å². The predicted octanol–water partition coefficient (Wildman–Crippen LogP) is 3.43. The molecule has 0 saturated heterocycles. The Hall–Kier alpha value is -2.40. The SMILES string of the molecule is COCc1ccccc1NC(N)=NCC1(c2ccc(F)cc2)CC1. The summed E-state index contributed by atoms with van der Waals surface area (Å²) in [5.74, 6) is 0.168. The monoisotopic (exact) mass is 327 g/mol. The van der Waals surface area contributed by atoms with Gasteiger partial charge in [0.05, 0.1) is 13.2 Å². The van der Waals surface area contributed by atoms with Gasteiger partial charge in [-0.3, -0.25) is 4.99 Å². The molecule has 5 heteroatoms. The molecule has 3 rings (SSSR count). The number of benzene rings is 2. The lowest BCUT2D eigenvalue weighted by molar-refractivity contribution is 0.185. The van der Waals surface area contributed by atoms with Crippen molar-refractivity contribution in [3.05, 3.63) is 65.5 Å². The van der Waals surface area contributed by atoms with Gasteiger partial charge in [0.2, 0.25) is 0 Å². The van der Waals surface area contributed by atoms with Crippen molar-refractivity contribution in [1.82, 2.24) is 0 Å². The number of hydrogen-bond acceptors (Lipinski definition) is 2. The van der Waals surface area contributed by atoms with Crippen LogP contribution in [-0.4, -0.2) is 19.6 Å². The Labute approximate surface area is 141 Å². The minimum absolute atomic E-state index is 0.00600. The molecule has 2 aromatic rings. The van der Waals surface area contributed by atoms with Gasteiger partial charge in [0.25, 0.3) is 0 Å². The normalized spacial score (nSPS) is 16.0. The number of rotatable bonds is 6. The Balaban J connectivity index is 1.68. The van der Waals surface area contributed by atoms with Gasteiger partial charge in [-0.1, -0.05) is 30.3 Å². The summed E-state index contributed by atoms with van der Waals surface area (Å²) in [5.41, 5.74) is 9.10. The van der Waals surface area contributed by atoms with E-state index in [4.69, 9.17) is 10.5 Å². The first-order chi connectivity index (χ1) is 11.6. The van der Waals surface area contributed by atoms with E-state index in [1.807, 2.05) is 36.4 Å². The largest absolute Gasteiger partial charge is 0.380 e. The van der Waals surface area contributed by atoms with Gasteiger partial charge in [0.15, 0.2) is 5.96 Å². The maximum absolute atomic E-state index is 13.1. The molecule has 3 N–H and O–H groups in total. The number of guanidine groups is 1. The smallest absolute Gasteiger partial charge is 0.193 e. The summed E-state index contributed by atoms with van der Waals surface area (Å²) in [4.78, 5) is 4.50. The highest BCUT2D eigenvalue weighted by atomic mass is 19.1. The highest BCUT2D eigenvalue weighted by Crippen LogP contribution is 2.48. The van der Waals surface area contributed by atoms with Gasteiger partial charge in [-0.15, -0.1) is 0 Å². The van der Waals surface area contributed by atoms with Gasteiger partial charge >= 0.3 is 0 Å². The van der Waals surface area contributed by atoms with Crippen LogP contribution >= 0.6 is 0 Å². The summed E-state index contributed by atoms with van der Waals surface area (Å²) in [6.45, 7) is 1.11. The van der Waals surface area contributed by atoms with Crippen LogP contribution in [0.1, 0.15) is 24.0 Å². The molecular weight excluding hydrogens is 305 g/mol. The first-order valence-electron chi connectivity index (χ1n) is 8.03. The quantitative estimate of drug-likeness (QED) is 0.631. The second kappa shape index (κ2) is 7.01. The van der Waals surface area contributed by atoms with Gasteiger partial charge in [0.1, 0.15) is 5.82 Å². The van der Waals surface area contributed by atoms with E-state index in [2.05, 4.69) is 10.3 Å². The number of halogens is 1. The minimum atomic E-state index is -0.214. The predicted molar refractivity (Wildman–Crippen MR) is 94.6 cm³/mol. The van der Waals surface area contributed by atoms with E-state index in [0.717, 1.165) is 29.7 Å². The van der Waals surface area contributed by atoms with Crippen LogP contribution < -0.4 is 11.1 Å². The molecule has 1 saturated carbocycles. The lowest BCUT2D eigenvalue weighted by atomic mass is 9.96. The van der Waals surface area contributed by atoms with Gasteiger partial charge in [-0.05, 0) is 36.6 Å². The van der Waals surface area contributed by atoms with Crippen molar-refractivity contribution in [2.45, 2.75) is 24.9 Å². The molecular formula is C19H22FN3O. The van der Waals surface area contributed by atoms with Crippen LogP contribution in [0, 0.1) is 5.82 Å². The third kappa shape index (κ3) is 3.74. The minimum Gasteiger partial charge on any atom is -0.380 e. The molecule has 0 bridgehead atoms. The molecule has 1 fully saturated rings. The van der Waals surface area contributed by atoms with Crippen LogP contribution in [0.4, 0.5) is 10.1 Å². The summed E-state index contributed by atoms with van der Waals surface area (Å²) in [5, 5.41) is 3.14. The van der Waals surface area contributed by atoms with E-state index < -0.39 is 0 Å². The number of hydrogen-bond donors (Lipinski definition) is 2. The number of ether oxygens (including phenoxy) is 1. The standard InChI is InChI=1S/C19H22FN3O/c1-24-12-14-4-2-3-5-17(14)23-18(21)22-13-19(10-11-19)15-6-8-16(20)9-7-15/h2-9H,10-13H2,1H3,(H3,21,22,23). The zero-order chi connectivity index (χ0) is 17.0. The molecule has 0 heterocycles. The lowest BCUT2D eigenvalue weighted by Crippen LogP contribution is -2.25. The molecule has 1 aliphatic rings. The third-order valence-electron chi connectivity index (χ3n) is 4.44. The van der Waals surface area contributed by atoms with E-state index in [0.29, 0.717) is 19.1 Å². The third-order valence-corrected chi connectivity index (χ3v) is 4.44. The van der Waals surface area contributed by atoms with Crippen molar-refractivity contribution in [2.24, 2.45) is 10.7 Å². The van der Waals surface area contributed by atoms with Gasteiger partial charge in [-0.25, -0.2) is 4.39 Å². The molecule has 126 valence electrons. The molecule has 0 atom stereocenters. The zero-order valence-electron chi connectivity index (χ0n) is 13.8. The van der Waals surface area contributed by atoms with Crippen LogP contribution in [-0.2, 0) is 16.8 Å². The second-order valence-electron chi connectivity index (χ2n) is 6.20. The van der Waals surface area contributed by atoms with Gasteiger partial charge < -0.3 is 15.8 Å². The highest BCUT2D eigenvalue weighted by Gasteiger charge is 2.44. The number of anilines is 1. The Bertz CT molecular complexity index is 724. The number of nitrogens with two attached hydrogens (primary N) is 1. The fourth-order valence-electron chi connectivity index (χ4n) is 2.83. The van der Waals surface area contributed by atoms with Gasteiger partial charge in [0, 0.05) is 23.8 Å². The fraction of sp³-hybridized carbons (Fsp3) is 0.316. The average Bonchev–Trinajstić information content (AvgIpc) is 3.37. The maximum atomic E-state index is 13.1. The molecule has 0 radical (unpaired) electrons. The molecule has 0 spiro atoms. The number of nitrogens with one attached hydrogen (secondary N) is 1. The van der Waals surface area contributed by atoms with Crippen molar-refractivity contribution in [3.8, 4) is 0 Å². The summed E-state index contributed by atoms with van der Waals surface area (Å²) in [7, 11) is 1.66. The fourth-order valence-corrected chi connectivity index (χ4v) is 2.83. The summed E-state index contributed by atoms with van der Waals surface area (Å²) in [6, 6.07) is 14.5. The first-order valence-corrected chi connectivity index (χ1v) is 8.03. The molecule has 24 heavy (non-hydrogen) atoms. The van der Waals surface area contributed by atoms with E-state index in [1.54, 1.807) is 7.11 Å². The van der Waals surface area contributed by atoms with Crippen molar-refractivity contribution < 1.29 is 9.13 Å². The molecule has 0 aliphatic heterocycles. The van der Waals surface area contributed by atoms with Crippen LogP contribution in [0.2, 0.25) is 0 Å². The molecule has 0 unspecified atom stereocenters. The number of methoxy groups -OCH3 is 1. The van der Waals surface area contributed by atoms with Crippen molar-refractivity contribution >= 4 is 11.6 Å².